The minimum absolute atomic E-state index is 0.00110. The van der Waals surface area contributed by atoms with Crippen LogP contribution in [-0.4, -0.2) is 68.5 Å². The second kappa shape index (κ2) is 36.6. The van der Waals surface area contributed by atoms with Crippen LogP contribution in [0.3, 0.4) is 0 Å². The molecule has 3 unspecified atom stereocenters. The second-order valence-electron chi connectivity index (χ2n) is 16.4. The molecule has 0 saturated carbocycles. The Bertz CT molecular complexity index is 922. The highest BCUT2D eigenvalue weighted by Gasteiger charge is 2.23. The lowest BCUT2D eigenvalue weighted by atomic mass is 10.1. The number of hydrogen-bond donors (Lipinski definition) is 2. The molecule has 0 saturated heterocycles. The Morgan fingerprint density at radius 2 is 1.04 bits per heavy atom. The van der Waals surface area contributed by atoms with Crippen LogP contribution in [0.1, 0.15) is 200 Å². The van der Waals surface area contributed by atoms with Gasteiger partial charge in [-0.3, -0.25) is 9.36 Å². The van der Waals surface area contributed by atoms with E-state index in [0.717, 1.165) is 38.5 Å². The maximum atomic E-state index is 12.8. The number of unbranched alkanes of at least 4 members (excludes halogenated alkanes) is 25. The van der Waals surface area contributed by atoms with Gasteiger partial charge < -0.3 is 28.8 Å². The summed E-state index contributed by atoms with van der Waals surface area (Å²) < 4.78 is 23.1. The van der Waals surface area contributed by atoms with Crippen molar-refractivity contribution in [2.45, 2.75) is 212 Å². The Balaban J connectivity index is 4.29. The SMILES string of the molecule is CCCCCCCCCC/C=C/C(O)C(COP(=O)([O-])OCC[N+](C)(C)C)NC(=O)CCCCCCCCC/C=C\CCCCCCCCCCCC. The first-order valence-corrected chi connectivity index (χ1v) is 23.7. The number of nitrogens with one attached hydrogen (secondary N) is 1. The van der Waals surface area contributed by atoms with Gasteiger partial charge in [0.05, 0.1) is 39.9 Å². The molecule has 0 bridgehead atoms. The van der Waals surface area contributed by atoms with Crippen LogP contribution < -0.4 is 10.2 Å². The Kier molecular flexibility index (Phi) is 35.9. The lowest BCUT2D eigenvalue weighted by molar-refractivity contribution is -0.870. The first kappa shape index (κ1) is 52.0. The highest BCUT2D eigenvalue weighted by molar-refractivity contribution is 7.45. The van der Waals surface area contributed by atoms with E-state index in [2.05, 4.69) is 31.3 Å². The van der Waals surface area contributed by atoms with Gasteiger partial charge in [-0.1, -0.05) is 173 Å². The van der Waals surface area contributed by atoms with Gasteiger partial charge in [-0.15, -0.1) is 0 Å². The fourth-order valence-corrected chi connectivity index (χ4v) is 7.05. The lowest BCUT2D eigenvalue weighted by Crippen LogP contribution is -2.45. The largest absolute Gasteiger partial charge is 0.756 e. The van der Waals surface area contributed by atoms with Crippen LogP contribution in [0.5, 0.6) is 0 Å². The number of nitrogens with zero attached hydrogens (tertiary/aromatic N) is 1. The number of phosphoric ester groups is 1. The molecule has 0 rings (SSSR count). The molecule has 53 heavy (non-hydrogen) atoms. The van der Waals surface area contributed by atoms with Crippen LogP contribution in [0.4, 0.5) is 0 Å². The first-order chi connectivity index (χ1) is 25.5. The fraction of sp³-hybridized carbons (Fsp3) is 0.886. The molecule has 8 nitrogen and oxygen atoms in total. The molecule has 0 aliphatic carbocycles. The molecule has 2 N–H and O–H groups in total. The van der Waals surface area contributed by atoms with Crippen molar-refractivity contribution in [2.75, 3.05) is 40.9 Å². The summed E-state index contributed by atoms with van der Waals surface area (Å²) in [6, 6.07) is -0.884. The third-order valence-corrected chi connectivity index (χ3v) is 10.9. The number of aliphatic hydroxyl groups excluding tert-OH is 1. The zero-order valence-corrected chi connectivity index (χ0v) is 36.4. The van der Waals surface area contributed by atoms with Gasteiger partial charge in [-0.25, -0.2) is 0 Å². The molecule has 0 aliphatic heterocycles. The van der Waals surface area contributed by atoms with Gasteiger partial charge >= 0.3 is 0 Å². The summed E-state index contributed by atoms with van der Waals surface area (Å²) >= 11 is 0. The number of hydrogen-bond acceptors (Lipinski definition) is 6. The minimum Gasteiger partial charge on any atom is -0.756 e. The molecule has 0 heterocycles. The van der Waals surface area contributed by atoms with E-state index in [1.807, 2.05) is 27.2 Å². The molecule has 3 atom stereocenters. The number of carbonyl (C=O) groups excluding carboxylic acids is 1. The maximum absolute atomic E-state index is 12.8. The summed E-state index contributed by atoms with van der Waals surface area (Å²) in [6.45, 7) is 4.62. The average molecular weight is 771 g/mol. The van der Waals surface area contributed by atoms with Gasteiger partial charge in [0.2, 0.25) is 5.91 Å². The van der Waals surface area contributed by atoms with E-state index >= 15 is 0 Å². The van der Waals surface area contributed by atoms with Crippen LogP contribution in [0.25, 0.3) is 0 Å². The highest BCUT2D eigenvalue weighted by atomic mass is 31.2. The predicted octanol–water partition coefficient (Wildman–Crippen LogP) is 11.5. The zero-order valence-electron chi connectivity index (χ0n) is 35.5. The summed E-state index contributed by atoms with van der Waals surface area (Å²) in [5.74, 6) is -0.203. The number of rotatable bonds is 40. The van der Waals surface area contributed by atoms with Crippen molar-refractivity contribution >= 4 is 13.7 Å². The van der Waals surface area contributed by atoms with E-state index in [1.54, 1.807) is 6.08 Å². The topological polar surface area (TPSA) is 108 Å². The minimum atomic E-state index is -4.58. The summed E-state index contributed by atoms with van der Waals surface area (Å²) in [5, 5.41) is 13.7. The number of quaternary nitrogens is 1. The first-order valence-electron chi connectivity index (χ1n) is 22.2. The standard InChI is InChI=1S/C44H87N2O6P/c1-6-8-10-12-14-16-18-19-20-21-22-23-24-25-26-27-28-30-32-34-36-38-44(48)45-42(41-52-53(49,50)51-40-39-46(3,4)5)43(47)37-35-33-31-29-17-15-13-11-9-7-2/h23-24,35,37,42-43,47H,6-22,25-34,36,38-41H2,1-5H3,(H-,45,48,49,50)/b24-23-,37-35+. The second-order valence-corrected chi connectivity index (χ2v) is 17.8. The zero-order chi connectivity index (χ0) is 39.3. The fourth-order valence-electron chi connectivity index (χ4n) is 6.32. The van der Waals surface area contributed by atoms with Gasteiger partial charge in [0, 0.05) is 6.42 Å². The number of aliphatic hydroxyl groups is 1. The quantitative estimate of drug-likeness (QED) is 0.0278. The van der Waals surface area contributed by atoms with E-state index < -0.39 is 20.0 Å². The Morgan fingerprint density at radius 1 is 0.642 bits per heavy atom. The van der Waals surface area contributed by atoms with Crippen LogP contribution in [0.15, 0.2) is 24.3 Å². The molecule has 0 aromatic carbocycles. The van der Waals surface area contributed by atoms with Crippen molar-refractivity contribution in [3.05, 3.63) is 24.3 Å². The molecule has 9 heteroatoms. The van der Waals surface area contributed by atoms with Crippen molar-refractivity contribution in [2.24, 2.45) is 0 Å². The third-order valence-electron chi connectivity index (χ3n) is 9.91. The monoisotopic (exact) mass is 771 g/mol. The van der Waals surface area contributed by atoms with E-state index in [4.69, 9.17) is 9.05 Å². The van der Waals surface area contributed by atoms with Crippen LogP contribution in [-0.2, 0) is 18.4 Å². The van der Waals surface area contributed by atoms with Crippen LogP contribution in [0, 0.1) is 0 Å². The predicted molar refractivity (Wildman–Crippen MR) is 224 cm³/mol. The molecular weight excluding hydrogens is 683 g/mol. The molecule has 0 aliphatic rings. The lowest BCUT2D eigenvalue weighted by Gasteiger charge is -2.29. The number of carbonyl (C=O) groups is 1. The van der Waals surface area contributed by atoms with Crippen molar-refractivity contribution in [1.29, 1.82) is 0 Å². The summed E-state index contributed by atoms with van der Waals surface area (Å²) in [4.78, 5) is 25.2. The van der Waals surface area contributed by atoms with Crippen molar-refractivity contribution in [3.63, 3.8) is 0 Å². The van der Waals surface area contributed by atoms with Gasteiger partial charge in [0.1, 0.15) is 13.2 Å². The maximum Gasteiger partial charge on any atom is 0.268 e. The highest BCUT2D eigenvalue weighted by Crippen LogP contribution is 2.38. The molecule has 314 valence electrons. The summed E-state index contributed by atoms with van der Waals surface area (Å²) in [5.41, 5.74) is 0. The normalized spacial score (nSPS) is 14.6. The summed E-state index contributed by atoms with van der Waals surface area (Å²) in [6.07, 6.45) is 42.3. The van der Waals surface area contributed by atoms with E-state index in [9.17, 15) is 19.4 Å². The van der Waals surface area contributed by atoms with Crippen LogP contribution in [0.2, 0.25) is 0 Å². The van der Waals surface area contributed by atoms with Crippen molar-refractivity contribution in [1.82, 2.24) is 5.32 Å². The van der Waals surface area contributed by atoms with Crippen LogP contribution >= 0.6 is 7.82 Å². The molecule has 1 amide bonds. The van der Waals surface area contributed by atoms with E-state index in [-0.39, 0.29) is 19.1 Å². The van der Waals surface area contributed by atoms with Gasteiger partial charge in [0.25, 0.3) is 7.82 Å². The van der Waals surface area contributed by atoms with Crippen molar-refractivity contribution < 1.29 is 32.9 Å². The van der Waals surface area contributed by atoms with Gasteiger partial charge in [-0.05, 0) is 44.9 Å². The number of allylic oxidation sites excluding steroid dienone is 3. The molecule has 0 radical (unpaired) electrons. The van der Waals surface area contributed by atoms with E-state index in [1.165, 1.54) is 141 Å². The Hall–Kier alpha value is -1.02. The van der Waals surface area contributed by atoms with Gasteiger partial charge in [-0.2, -0.15) is 0 Å². The van der Waals surface area contributed by atoms with Crippen molar-refractivity contribution in [3.8, 4) is 0 Å². The number of amides is 1. The number of likely N-dealkylation sites (N-methyl/N-ethyl adjacent to an activating group) is 1. The Morgan fingerprint density at radius 3 is 1.47 bits per heavy atom. The molecule has 0 aromatic heterocycles. The smallest absolute Gasteiger partial charge is 0.268 e. The molecule has 0 aromatic rings. The Labute approximate surface area is 328 Å². The van der Waals surface area contributed by atoms with Gasteiger partial charge in [0.15, 0.2) is 0 Å². The third kappa shape index (κ3) is 39.0. The molecular formula is C44H87N2O6P. The average Bonchev–Trinajstić information content (AvgIpc) is 3.10. The molecule has 0 fully saturated rings. The summed E-state index contributed by atoms with van der Waals surface area (Å²) in [7, 11) is 1.26. The number of phosphoric acid groups is 1. The van der Waals surface area contributed by atoms with E-state index in [0.29, 0.717) is 17.4 Å². The molecule has 0 spiro atoms.